The number of nitrogens with one attached hydrogen (secondary N) is 2. The van der Waals surface area contributed by atoms with Gasteiger partial charge in [-0.25, -0.2) is 14.2 Å². The van der Waals surface area contributed by atoms with Crippen molar-refractivity contribution >= 4 is 23.4 Å². The molecule has 1 atom stereocenters. The molecule has 2 N–H and O–H groups in total. The Morgan fingerprint density at radius 2 is 1.76 bits per heavy atom. The van der Waals surface area contributed by atoms with E-state index in [1.807, 2.05) is 0 Å². The monoisotopic (exact) mass is 472 g/mol. The minimum atomic E-state index is -4.47. The van der Waals surface area contributed by atoms with Crippen LogP contribution in [0, 0.1) is 5.82 Å². The van der Waals surface area contributed by atoms with E-state index in [0.717, 1.165) is 24.3 Å². The highest BCUT2D eigenvalue weighted by molar-refractivity contribution is 6.00. The van der Waals surface area contributed by atoms with Gasteiger partial charge in [-0.1, -0.05) is 18.2 Å². The lowest BCUT2D eigenvalue weighted by Crippen LogP contribution is -2.53. The molecule has 1 aromatic heterocycles. The first kappa shape index (κ1) is 23.2. The van der Waals surface area contributed by atoms with Gasteiger partial charge in [0.25, 0.3) is 5.91 Å². The number of piperidine rings is 1. The third-order valence-electron chi connectivity index (χ3n) is 5.42. The summed E-state index contributed by atoms with van der Waals surface area (Å²) >= 11 is 0. The summed E-state index contributed by atoms with van der Waals surface area (Å²) in [5, 5.41) is 5.00. The van der Waals surface area contributed by atoms with Crippen molar-refractivity contribution in [3.8, 4) is 11.1 Å². The molecule has 1 aliphatic heterocycles. The molecule has 0 aliphatic carbocycles. The van der Waals surface area contributed by atoms with Gasteiger partial charge in [0.1, 0.15) is 17.7 Å². The van der Waals surface area contributed by atoms with Crippen molar-refractivity contribution in [1.29, 1.82) is 0 Å². The highest BCUT2D eigenvalue weighted by Crippen LogP contribution is 2.30. The van der Waals surface area contributed by atoms with Gasteiger partial charge in [0.05, 0.1) is 5.56 Å². The number of amides is 3. The average molecular weight is 472 g/mol. The normalized spacial score (nSPS) is 16.3. The fourth-order valence-electron chi connectivity index (χ4n) is 3.70. The lowest BCUT2D eigenvalue weighted by atomic mass is 10.0. The largest absolute Gasteiger partial charge is 0.416 e. The van der Waals surface area contributed by atoms with Crippen molar-refractivity contribution in [2.75, 3.05) is 16.8 Å². The molecule has 6 nitrogen and oxygen atoms in total. The highest BCUT2D eigenvalue weighted by atomic mass is 19.4. The standard InChI is InChI=1S/C24H20F4N4O2/c25-19-5-2-1-4-18(19)15-7-12-21(29-14-15)32-13-3-6-20(22(32)33)31-23(34)30-17-10-8-16(9-11-17)24(26,27)28/h1-2,4-5,7-12,14,20H,3,6,13H2,(H2,30,31,34)/t20-/m1/s1. The topological polar surface area (TPSA) is 74.3 Å². The molecule has 3 amide bonds. The van der Waals surface area contributed by atoms with Gasteiger partial charge in [-0.05, 0) is 55.3 Å². The summed E-state index contributed by atoms with van der Waals surface area (Å²) in [4.78, 5) is 31.0. The molecule has 0 saturated carbocycles. The Kier molecular flexibility index (Phi) is 6.49. The molecule has 34 heavy (non-hydrogen) atoms. The molecule has 10 heteroatoms. The van der Waals surface area contributed by atoms with E-state index in [1.54, 1.807) is 30.3 Å². The summed E-state index contributed by atoms with van der Waals surface area (Å²) in [5.74, 6) is -0.367. The van der Waals surface area contributed by atoms with Gasteiger partial charge in [-0.2, -0.15) is 13.2 Å². The second-order valence-electron chi connectivity index (χ2n) is 7.74. The molecule has 0 unspecified atom stereocenters. The minimum Gasteiger partial charge on any atom is -0.326 e. The molecule has 0 bridgehead atoms. The smallest absolute Gasteiger partial charge is 0.326 e. The van der Waals surface area contributed by atoms with Gasteiger partial charge in [0.15, 0.2) is 0 Å². The molecule has 2 heterocycles. The fourth-order valence-corrected chi connectivity index (χ4v) is 3.70. The number of hydrogen-bond donors (Lipinski definition) is 2. The van der Waals surface area contributed by atoms with Crippen molar-refractivity contribution < 1.29 is 27.2 Å². The number of halogens is 4. The highest BCUT2D eigenvalue weighted by Gasteiger charge is 2.32. The van der Waals surface area contributed by atoms with Gasteiger partial charge in [-0.15, -0.1) is 0 Å². The number of rotatable bonds is 4. The van der Waals surface area contributed by atoms with E-state index in [2.05, 4.69) is 15.6 Å². The number of aromatic nitrogens is 1. The van der Waals surface area contributed by atoms with Crippen LogP contribution in [0.1, 0.15) is 18.4 Å². The summed E-state index contributed by atoms with van der Waals surface area (Å²) in [5.41, 5.74) is 0.295. The number of nitrogens with zero attached hydrogens (tertiary/aromatic N) is 2. The SMILES string of the molecule is O=C(Nc1ccc(C(F)(F)F)cc1)N[C@@H]1CCCN(c2ccc(-c3ccccc3F)cn2)C1=O. The van der Waals surface area contributed by atoms with E-state index in [4.69, 9.17) is 0 Å². The molecular weight excluding hydrogens is 452 g/mol. The summed E-state index contributed by atoms with van der Waals surface area (Å²) in [6, 6.07) is 12.0. The third kappa shape index (κ3) is 5.16. The third-order valence-corrected chi connectivity index (χ3v) is 5.42. The van der Waals surface area contributed by atoms with Crippen LogP contribution in [-0.4, -0.2) is 29.5 Å². The van der Waals surface area contributed by atoms with Crippen molar-refractivity contribution in [1.82, 2.24) is 10.3 Å². The fraction of sp³-hybridized carbons (Fsp3) is 0.208. The van der Waals surface area contributed by atoms with Crippen molar-refractivity contribution in [2.45, 2.75) is 25.1 Å². The zero-order valence-corrected chi connectivity index (χ0v) is 17.8. The quantitative estimate of drug-likeness (QED) is 0.511. The van der Waals surface area contributed by atoms with Crippen LogP contribution in [-0.2, 0) is 11.0 Å². The summed E-state index contributed by atoms with van der Waals surface area (Å²) in [6.07, 6.45) is -1.98. The van der Waals surface area contributed by atoms with E-state index >= 15 is 0 Å². The Morgan fingerprint density at radius 1 is 1.03 bits per heavy atom. The first-order valence-electron chi connectivity index (χ1n) is 10.5. The maximum Gasteiger partial charge on any atom is 0.416 e. The van der Waals surface area contributed by atoms with Crippen LogP contribution in [0.25, 0.3) is 11.1 Å². The molecule has 3 aromatic rings. The van der Waals surface area contributed by atoms with Crippen molar-refractivity contribution in [3.05, 3.63) is 78.2 Å². The number of pyridine rings is 1. The molecule has 176 valence electrons. The Hall–Kier alpha value is -3.95. The maximum absolute atomic E-state index is 14.0. The molecule has 2 aromatic carbocycles. The van der Waals surface area contributed by atoms with Crippen LogP contribution < -0.4 is 15.5 Å². The maximum atomic E-state index is 14.0. The summed E-state index contributed by atoms with van der Waals surface area (Å²) < 4.78 is 52.0. The number of benzene rings is 2. The van der Waals surface area contributed by atoms with Gasteiger partial charge in [-0.3, -0.25) is 9.69 Å². The van der Waals surface area contributed by atoms with Gasteiger partial charge in [0.2, 0.25) is 0 Å². The van der Waals surface area contributed by atoms with Crippen molar-refractivity contribution in [2.24, 2.45) is 0 Å². The van der Waals surface area contributed by atoms with E-state index in [0.29, 0.717) is 36.3 Å². The number of anilines is 2. The van der Waals surface area contributed by atoms with Crippen LogP contribution in [0.5, 0.6) is 0 Å². The predicted octanol–water partition coefficient (Wildman–Crippen LogP) is 5.22. The molecular formula is C24H20F4N4O2. The Bertz CT molecular complexity index is 1180. The number of carbonyl (C=O) groups excluding carboxylic acids is 2. The Morgan fingerprint density at radius 3 is 2.41 bits per heavy atom. The van der Waals surface area contributed by atoms with Gasteiger partial charge in [0, 0.05) is 29.6 Å². The van der Waals surface area contributed by atoms with Crippen LogP contribution in [0.2, 0.25) is 0 Å². The molecule has 1 aliphatic rings. The summed E-state index contributed by atoms with van der Waals surface area (Å²) in [7, 11) is 0. The van der Waals surface area contributed by atoms with E-state index < -0.39 is 23.8 Å². The van der Waals surface area contributed by atoms with E-state index in [-0.39, 0.29) is 17.4 Å². The number of alkyl halides is 3. The molecule has 1 fully saturated rings. The number of carbonyl (C=O) groups is 2. The zero-order valence-electron chi connectivity index (χ0n) is 17.8. The zero-order chi connectivity index (χ0) is 24.3. The molecule has 0 radical (unpaired) electrons. The Labute approximate surface area is 192 Å². The summed E-state index contributed by atoms with van der Waals surface area (Å²) in [6.45, 7) is 0.406. The lowest BCUT2D eigenvalue weighted by molar-refractivity contribution is -0.137. The Balaban J connectivity index is 1.40. The minimum absolute atomic E-state index is 0.163. The molecule has 4 rings (SSSR count). The first-order valence-corrected chi connectivity index (χ1v) is 10.5. The van der Waals surface area contributed by atoms with Crippen molar-refractivity contribution in [3.63, 3.8) is 0 Å². The number of hydrogen-bond acceptors (Lipinski definition) is 3. The van der Waals surface area contributed by atoms with Crippen LogP contribution in [0.3, 0.4) is 0 Å². The van der Waals surface area contributed by atoms with E-state index in [1.165, 1.54) is 17.2 Å². The molecule has 1 saturated heterocycles. The van der Waals surface area contributed by atoms with Crippen LogP contribution >= 0.6 is 0 Å². The predicted molar refractivity (Wildman–Crippen MR) is 119 cm³/mol. The second-order valence-corrected chi connectivity index (χ2v) is 7.74. The van der Waals surface area contributed by atoms with Crippen LogP contribution in [0.4, 0.5) is 33.9 Å². The average Bonchev–Trinajstić information content (AvgIpc) is 2.81. The van der Waals surface area contributed by atoms with Gasteiger partial charge >= 0.3 is 12.2 Å². The molecule has 0 spiro atoms. The lowest BCUT2D eigenvalue weighted by Gasteiger charge is -2.32. The van der Waals surface area contributed by atoms with Gasteiger partial charge < -0.3 is 10.6 Å². The second kappa shape index (κ2) is 9.50. The first-order chi connectivity index (χ1) is 16.2. The van der Waals surface area contributed by atoms with E-state index in [9.17, 15) is 27.2 Å². The van der Waals surface area contributed by atoms with Crippen LogP contribution in [0.15, 0.2) is 66.9 Å². The number of urea groups is 1.